The molecule has 4 rings (SSSR count). The first-order valence-corrected chi connectivity index (χ1v) is 12.9. The third kappa shape index (κ3) is 4.85. The fraction of sp³-hybridized carbons (Fsp3) is 0.667. The number of carbonyl (C=O) groups is 2. The zero-order valence-electron chi connectivity index (χ0n) is 21.4. The molecule has 2 N–H and O–H groups in total. The van der Waals surface area contributed by atoms with Gasteiger partial charge >= 0.3 is 0 Å². The minimum Gasteiger partial charge on any atom is -0.350 e. The van der Waals surface area contributed by atoms with E-state index in [2.05, 4.69) is 43.3 Å². The number of carbonyl (C=O) groups excluding carboxylic acids is 2. The average molecular weight is 468 g/mol. The van der Waals surface area contributed by atoms with Crippen LogP contribution in [-0.4, -0.2) is 58.8 Å². The van der Waals surface area contributed by atoms with Crippen LogP contribution in [0.4, 0.5) is 0 Å². The molecule has 2 fully saturated rings. The van der Waals surface area contributed by atoms with Crippen LogP contribution >= 0.6 is 0 Å². The van der Waals surface area contributed by atoms with E-state index in [0.717, 1.165) is 31.8 Å². The molecule has 2 amide bonds. The highest BCUT2D eigenvalue weighted by molar-refractivity contribution is 5.93. The zero-order chi connectivity index (χ0) is 24.5. The summed E-state index contributed by atoms with van der Waals surface area (Å²) < 4.78 is 1.81. The molecule has 4 atom stereocenters. The molecule has 1 aliphatic carbocycles. The number of amides is 2. The number of imidazole rings is 1. The largest absolute Gasteiger partial charge is 0.350 e. The SMILES string of the molecule is CC[C@@H]1C[C@H]([C@@H](C)CNC(=O)c2cccc3nc(CC(=O)N(C)C4CCCNC4)cn23)C1(C)C. The van der Waals surface area contributed by atoms with Gasteiger partial charge in [0.25, 0.3) is 5.91 Å². The van der Waals surface area contributed by atoms with Crippen LogP contribution in [0.25, 0.3) is 5.65 Å². The number of fused-ring (bicyclic) bond motifs is 1. The number of hydrogen-bond donors (Lipinski definition) is 2. The molecule has 7 heteroatoms. The van der Waals surface area contributed by atoms with Crippen molar-refractivity contribution in [2.24, 2.45) is 23.2 Å². The summed E-state index contributed by atoms with van der Waals surface area (Å²) in [5.74, 6) is 1.81. The van der Waals surface area contributed by atoms with Gasteiger partial charge in [-0.2, -0.15) is 0 Å². The summed E-state index contributed by atoms with van der Waals surface area (Å²) in [4.78, 5) is 32.4. The van der Waals surface area contributed by atoms with Crippen LogP contribution in [0.1, 0.15) is 69.6 Å². The van der Waals surface area contributed by atoms with E-state index in [1.165, 1.54) is 12.8 Å². The van der Waals surface area contributed by atoms with Crippen molar-refractivity contribution >= 4 is 17.5 Å². The Morgan fingerprint density at radius 3 is 2.82 bits per heavy atom. The molecule has 7 nitrogen and oxygen atoms in total. The summed E-state index contributed by atoms with van der Waals surface area (Å²) in [6.45, 7) is 11.8. The molecule has 1 aliphatic heterocycles. The number of pyridine rings is 1. The Hall–Kier alpha value is -2.41. The summed E-state index contributed by atoms with van der Waals surface area (Å²) in [6, 6.07) is 5.78. The number of hydrogen-bond acceptors (Lipinski definition) is 4. The van der Waals surface area contributed by atoms with Gasteiger partial charge in [0.2, 0.25) is 5.91 Å². The minimum absolute atomic E-state index is 0.0606. The predicted octanol–water partition coefficient (Wildman–Crippen LogP) is 3.53. The van der Waals surface area contributed by atoms with E-state index in [0.29, 0.717) is 40.8 Å². The lowest BCUT2D eigenvalue weighted by Gasteiger charge is -2.55. The van der Waals surface area contributed by atoms with E-state index in [1.807, 2.05) is 40.7 Å². The summed E-state index contributed by atoms with van der Waals surface area (Å²) in [7, 11) is 1.88. The average Bonchev–Trinajstić information content (AvgIpc) is 3.24. The highest BCUT2D eigenvalue weighted by Gasteiger charge is 2.48. The topological polar surface area (TPSA) is 78.7 Å². The number of nitrogens with zero attached hydrogens (tertiary/aromatic N) is 3. The van der Waals surface area contributed by atoms with Crippen molar-refractivity contribution < 1.29 is 9.59 Å². The molecule has 0 radical (unpaired) electrons. The molecular weight excluding hydrogens is 426 g/mol. The van der Waals surface area contributed by atoms with Crippen LogP contribution < -0.4 is 10.6 Å². The maximum atomic E-state index is 13.1. The summed E-state index contributed by atoms with van der Waals surface area (Å²) in [5, 5.41) is 6.51. The van der Waals surface area contributed by atoms with Crippen LogP contribution in [0.2, 0.25) is 0 Å². The highest BCUT2D eigenvalue weighted by atomic mass is 16.2. The van der Waals surface area contributed by atoms with Gasteiger partial charge in [-0.1, -0.05) is 40.2 Å². The zero-order valence-corrected chi connectivity index (χ0v) is 21.4. The van der Waals surface area contributed by atoms with Crippen LogP contribution in [0.3, 0.4) is 0 Å². The smallest absolute Gasteiger partial charge is 0.268 e. The van der Waals surface area contributed by atoms with Crippen LogP contribution in [0, 0.1) is 23.2 Å². The van der Waals surface area contributed by atoms with Gasteiger partial charge in [0, 0.05) is 32.4 Å². The Kier molecular flexibility index (Phi) is 7.31. The lowest BCUT2D eigenvalue weighted by Crippen LogP contribution is -2.49. The highest BCUT2D eigenvalue weighted by Crippen LogP contribution is 2.55. The van der Waals surface area contributed by atoms with E-state index in [1.54, 1.807) is 0 Å². The van der Waals surface area contributed by atoms with Gasteiger partial charge in [-0.3, -0.25) is 14.0 Å². The van der Waals surface area contributed by atoms with Gasteiger partial charge in [-0.05, 0) is 61.1 Å². The summed E-state index contributed by atoms with van der Waals surface area (Å²) >= 11 is 0. The molecule has 2 aromatic rings. The Bertz CT molecular complexity index is 1020. The van der Waals surface area contributed by atoms with Gasteiger partial charge in [0.15, 0.2) is 0 Å². The quantitative estimate of drug-likeness (QED) is 0.623. The molecule has 0 aromatic carbocycles. The van der Waals surface area contributed by atoms with Crippen molar-refractivity contribution in [1.29, 1.82) is 0 Å². The number of aromatic nitrogens is 2. The van der Waals surface area contributed by atoms with Crippen molar-refractivity contribution in [2.75, 3.05) is 26.7 Å². The molecule has 186 valence electrons. The molecule has 1 unspecified atom stereocenters. The van der Waals surface area contributed by atoms with Gasteiger partial charge in [-0.25, -0.2) is 4.98 Å². The van der Waals surface area contributed by atoms with E-state index in [-0.39, 0.29) is 24.3 Å². The third-order valence-corrected chi connectivity index (χ3v) is 8.63. The molecule has 34 heavy (non-hydrogen) atoms. The second-order valence-corrected chi connectivity index (χ2v) is 11.0. The maximum absolute atomic E-state index is 13.1. The summed E-state index contributed by atoms with van der Waals surface area (Å²) in [6.07, 6.45) is 6.66. The Balaban J connectivity index is 1.39. The number of rotatable bonds is 8. The fourth-order valence-electron chi connectivity index (χ4n) is 6.18. The normalized spacial score (nSPS) is 24.9. The first kappa shape index (κ1) is 24.7. The summed E-state index contributed by atoms with van der Waals surface area (Å²) in [5.41, 5.74) is 2.28. The molecule has 0 spiro atoms. The maximum Gasteiger partial charge on any atom is 0.268 e. The number of likely N-dealkylation sites (N-methyl/N-ethyl adjacent to an activating group) is 1. The van der Waals surface area contributed by atoms with Crippen molar-refractivity contribution in [2.45, 2.75) is 65.8 Å². The fourth-order valence-corrected chi connectivity index (χ4v) is 6.18. The minimum atomic E-state index is -0.0951. The van der Waals surface area contributed by atoms with Gasteiger partial charge in [-0.15, -0.1) is 0 Å². The van der Waals surface area contributed by atoms with Crippen molar-refractivity contribution in [3.8, 4) is 0 Å². The molecule has 1 saturated carbocycles. The molecule has 1 saturated heterocycles. The van der Waals surface area contributed by atoms with Crippen molar-refractivity contribution in [3.63, 3.8) is 0 Å². The van der Waals surface area contributed by atoms with Crippen molar-refractivity contribution in [3.05, 3.63) is 35.8 Å². The van der Waals surface area contributed by atoms with E-state index in [9.17, 15) is 9.59 Å². The number of nitrogens with one attached hydrogen (secondary N) is 2. The van der Waals surface area contributed by atoms with Crippen LogP contribution in [0.5, 0.6) is 0 Å². The second kappa shape index (κ2) is 10.1. The van der Waals surface area contributed by atoms with Gasteiger partial charge in [0.05, 0.1) is 12.1 Å². The Labute approximate surface area is 203 Å². The van der Waals surface area contributed by atoms with Crippen molar-refractivity contribution in [1.82, 2.24) is 24.9 Å². The standard InChI is InChI=1S/C27H41N5O2/c1-6-19-13-22(27(19,3)4)18(2)15-29-26(34)23-10-7-11-24-30-20(17-32(23)24)14-25(33)31(5)21-9-8-12-28-16-21/h7,10-11,17-19,21-22,28H,6,8-9,12-16H2,1-5H3,(H,29,34)/t18-,19+,21?,22+/m0/s1. The Morgan fingerprint density at radius 2 is 2.15 bits per heavy atom. The van der Waals surface area contributed by atoms with Gasteiger partial charge < -0.3 is 15.5 Å². The predicted molar refractivity (Wildman–Crippen MR) is 135 cm³/mol. The second-order valence-electron chi connectivity index (χ2n) is 11.0. The molecule has 2 aliphatic rings. The molecular formula is C27H41N5O2. The van der Waals surface area contributed by atoms with E-state index < -0.39 is 0 Å². The van der Waals surface area contributed by atoms with E-state index >= 15 is 0 Å². The molecule has 3 heterocycles. The Morgan fingerprint density at radius 1 is 1.35 bits per heavy atom. The first-order valence-electron chi connectivity index (χ1n) is 12.9. The van der Waals surface area contributed by atoms with Gasteiger partial charge in [0.1, 0.15) is 11.3 Å². The number of piperidine rings is 1. The lowest BCUT2D eigenvalue weighted by molar-refractivity contribution is -0.131. The molecule has 2 aromatic heterocycles. The molecule has 0 bridgehead atoms. The van der Waals surface area contributed by atoms with Crippen LogP contribution in [0.15, 0.2) is 24.4 Å². The third-order valence-electron chi connectivity index (χ3n) is 8.63. The first-order chi connectivity index (χ1) is 16.2. The van der Waals surface area contributed by atoms with E-state index in [4.69, 9.17) is 0 Å². The van der Waals surface area contributed by atoms with Crippen LogP contribution in [-0.2, 0) is 11.2 Å². The lowest BCUT2D eigenvalue weighted by atomic mass is 9.51. The monoisotopic (exact) mass is 467 g/mol.